The molecule has 1 fully saturated rings. The molecule has 0 atom stereocenters. The van der Waals surface area contributed by atoms with E-state index in [9.17, 15) is 19.7 Å². The van der Waals surface area contributed by atoms with Crippen LogP contribution in [-0.4, -0.2) is 33.0 Å². The number of nitro groups is 1. The fourth-order valence-corrected chi connectivity index (χ4v) is 4.28. The highest BCUT2D eigenvalue weighted by Gasteiger charge is 2.35. The van der Waals surface area contributed by atoms with Crippen LogP contribution in [0.2, 0.25) is 0 Å². The fraction of sp³-hybridized carbons (Fsp3) is 0.160. The lowest BCUT2D eigenvalue weighted by atomic mass is 10.1. The van der Waals surface area contributed by atoms with Gasteiger partial charge in [0.15, 0.2) is 5.11 Å². The highest BCUT2D eigenvalue weighted by Crippen LogP contribution is 2.28. The van der Waals surface area contributed by atoms with Gasteiger partial charge in [-0.3, -0.25) is 29.9 Å². The molecule has 0 aliphatic carbocycles. The van der Waals surface area contributed by atoms with E-state index in [0.29, 0.717) is 35.0 Å². The van der Waals surface area contributed by atoms with Gasteiger partial charge >= 0.3 is 0 Å². The van der Waals surface area contributed by atoms with Gasteiger partial charge in [0.1, 0.15) is 11.3 Å². The van der Waals surface area contributed by atoms with Gasteiger partial charge in [-0.2, -0.15) is 0 Å². The molecule has 0 saturated carbocycles. The van der Waals surface area contributed by atoms with Crippen molar-refractivity contribution < 1.29 is 19.2 Å². The third kappa shape index (κ3) is 4.56. The summed E-state index contributed by atoms with van der Waals surface area (Å²) in [6, 6.07) is 15.0. The number of rotatable bonds is 6. The second-order valence-electron chi connectivity index (χ2n) is 7.83. The van der Waals surface area contributed by atoms with Crippen LogP contribution in [0.5, 0.6) is 5.75 Å². The van der Waals surface area contributed by atoms with E-state index in [1.165, 1.54) is 23.1 Å². The van der Waals surface area contributed by atoms with Crippen molar-refractivity contribution in [3.05, 3.63) is 87.2 Å². The van der Waals surface area contributed by atoms with Crippen molar-refractivity contribution in [1.29, 1.82) is 0 Å². The maximum Gasteiger partial charge on any atom is 0.271 e. The highest BCUT2D eigenvalue weighted by molar-refractivity contribution is 7.80. The second-order valence-corrected chi connectivity index (χ2v) is 8.21. The second kappa shape index (κ2) is 9.51. The maximum atomic E-state index is 13.4. The van der Waals surface area contributed by atoms with Gasteiger partial charge in [0.25, 0.3) is 17.5 Å². The summed E-state index contributed by atoms with van der Waals surface area (Å²) in [7, 11) is 0. The number of nitro benzene ring substituents is 1. The quantitative estimate of drug-likeness (QED) is 0.182. The first-order valence-corrected chi connectivity index (χ1v) is 11.2. The van der Waals surface area contributed by atoms with E-state index in [-0.39, 0.29) is 16.4 Å². The third-order valence-electron chi connectivity index (χ3n) is 5.56. The predicted molar refractivity (Wildman–Crippen MR) is 136 cm³/mol. The molecule has 0 spiro atoms. The van der Waals surface area contributed by atoms with Crippen LogP contribution >= 0.6 is 12.2 Å². The Labute approximate surface area is 206 Å². The first-order chi connectivity index (χ1) is 16.7. The minimum atomic E-state index is -0.600. The SMILES string of the molecule is CCOc1cccc(N2C(=O)/C(=C/c3cc(C)n(-c4cccc([N+](=O)[O-])c4)c3C)C(=O)NC2=S)c1. The van der Waals surface area contributed by atoms with Crippen LogP contribution in [0.4, 0.5) is 11.4 Å². The molecule has 0 unspecified atom stereocenters. The monoisotopic (exact) mass is 490 g/mol. The van der Waals surface area contributed by atoms with Crippen molar-refractivity contribution in [2.24, 2.45) is 0 Å². The Morgan fingerprint density at radius 1 is 1.09 bits per heavy atom. The van der Waals surface area contributed by atoms with Crippen molar-refractivity contribution in [3.63, 3.8) is 0 Å². The number of ether oxygens (including phenoxy) is 1. The molecule has 35 heavy (non-hydrogen) atoms. The topological polar surface area (TPSA) is 107 Å². The van der Waals surface area contributed by atoms with Gasteiger partial charge in [0, 0.05) is 29.6 Å². The minimum Gasteiger partial charge on any atom is -0.494 e. The van der Waals surface area contributed by atoms with Crippen LogP contribution in [0.1, 0.15) is 23.9 Å². The Morgan fingerprint density at radius 2 is 1.80 bits per heavy atom. The largest absolute Gasteiger partial charge is 0.494 e. The molecule has 178 valence electrons. The summed E-state index contributed by atoms with van der Waals surface area (Å²) in [5.41, 5.74) is 3.09. The highest BCUT2D eigenvalue weighted by atomic mass is 32.1. The summed E-state index contributed by atoms with van der Waals surface area (Å²) in [6.45, 7) is 5.98. The van der Waals surface area contributed by atoms with Gasteiger partial charge in [0.05, 0.1) is 22.9 Å². The lowest BCUT2D eigenvalue weighted by molar-refractivity contribution is -0.384. The van der Waals surface area contributed by atoms with Gasteiger partial charge in [-0.05, 0) is 68.9 Å². The molecule has 0 bridgehead atoms. The summed E-state index contributed by atoms with van der Waals surface area (Å²) in [6.07, 6.45) is 1.51. The van der Waals surface area contributed by atoms with Crippen LogP contribution in [0.25, 0.3) is 11.8 Å². The molecule has 3 aromatic rings. The van der Waals surface area contributed by atoms with E-state index < -0.39 is 16.7 Å². The molecule has 2 heterocycles. The zero-order chi connectivity index (χ0) is 25.3. The number of carbonyl (C=O) groups is 2. The van der Waals surface area contributed by atoms with Crippen LogP contribution in [-0.2, 0) is 9.59 Å². The Morgan fingerprint density at radius 3 is 2.51 bits per heavy atom. The van der Waals surface area contributed by atoms with Crippen molar-refractivity contribution in [3.8, 4) is 11.4 Å². The number of carbonyl (C=O) groups excluding carboxylic acids is 2. The molecule has 2 aromatic carbocycles. The Kier molecular flexibility index (Phi) is 6.48. The van der Waals surface area contributed by atoms with Gasteiger partial charge in [-0.1, -0.05) is 12.1 Å². The molecule has 1 aliphatic rings. The number of anilines is 1. The van der Waals surface area contributed by atoms with E-state index >= 15 is 0 Å². The van der Waals surface area contributed by atoms with Crippen molar-refractivity contribution in [1.82, 2.24) is 9.88 Å². The number of nitrogens with zero attached hydrogens (tertiary/aromatic N) is 3. The molecule has 10 heteroatoms. The van der Waals surface area contributed by atoms with Crippen LogP contribution < -0.4 is 15.0 Å². The van der Waals surface area contributed by atoms with E-state index in [1.54, 1.807) is 36.4 Å². The number of hydrogen-bond acceptors (Lipinski definition) is 6. The molecular weight excluding hydrogens is 468 g/mol. The lowest BCUT2D eigenvalue weighted by Gasteiger charge is -2.29. The van der Waals surface area contributed by atoms with Gasteiger partial charge in [-0.15, -0.1) is 0 Å². The minimum absolute atomic E-state index is 0.0205. The van der Waals surface area contributed by atoms with Crippen molar-refractivity contribution >= 4 is 46.6 Å². The number of nitrogens with one attached hydrogen (secondary N) is 1. The molecule has 1 aromatic heterocycles. The predicted octanol–water partition coefficient (Wildman–Crippen LogP) is 4.23. The number of non-ortho nitro benzene ring substituents is 1. The number of aromatic nitrogens is 1. The van der Waals surface area contributed by atoms with E-state index in [1.807, 2.05) is 31.4 Å². The van der Waals surface area contributed by atoms with E-state index in [2.05, 4.69) is 5.32 Å². The van der Waals surface area contributed by atoms with Crippen molar-refractivity contribution in [2.45, 2.75) is 20.8 Å². The van der Waals surface area contributed by atoms with Gasteiger partial charge < -0.3 is 9.30 Å². The molecule has 4 rings (SSSR count). The summed E-state index contributed by atoms with van der Waals surface area (Å²) < 4.78 is 7.35. The molecule has 1 saturated heterocycles. The Hall–Kier alpha value is -4.31. The van der Waals surface area contributed by atoms with E-state index in [4.69, 9.17) is 17.0 Å². The van der Waals surface area contributed by atoms with Crippen molar-refractivity contribution in [2.75, 3.05) is 11.5 Å². The molecule has 1 aliphatic heterocycles. The summed E-state index contributed by atoms with van der Waals surface area (Å²) in [5, 5.41) is 13.8. The average Bonchev–Trinajstić information content (AvgIpc) is 3.09. The number of hydrogen-bond donors (Lipinski definition) is 1. The number of aryl methyl sites for hydroxylation is 1. The first-order valence-electron chi connectivity index (χ1n) is 10.8. The smallest absolute Gasteiger partial charge is 0.271 e. The van der Waals surface area contributed by atoms with Crippen LogP contribution in [0.3, 0.4) is 0 Å². The van der Waals surface area contributed by atoms with E-state index in [0.717, 1.165) is 5.69 Å². The number of thiocarbonyl (C=S) groups is 1. The normalized spacial score (nSPS) is 14.9. The zero-order valence-corrected chi connectivity index (χ0v) is 20.1. The molecule has 2 amide bonds. The molecular formula is C25H22N4O5S. The average molecular weight is 491 g/mol. The fourth-order valence-electron chi connectivity index (χ4n) is 4.00. The first kappa shape index (κ1) is 23.8. The molecule has 0 radical (unpaired) electrons. The Balaban J connectivity index is 1.74. The zero-order valence-electron chi connectivity index (χ0n) is 19.3. The van der Waals surface area contributed by atoms with Gasteiger partial charge in [0.2, 0.25) is 0 Å². The summed E-state index contributed by atoms with van der Waals surface area (Å²) in [4.78, 5) is 38.1. The number of benzene rings is 2. The van der Waals surface area contributed by atoms with Crippen LogP contribution in [0, 0.1) is 24.0 Å². The molecule has 9 nitrogen and oxygen atoms in total. The third-order valence-corrected chi connectivity index (χ3v) is 5.84. The number of amides is 2. The Bertz CT molecular complexity index is 1410. The van der Waals surface area contributed by atoms with Crippen LogP contribution in [0.15, 0.2) is 60.2 Å². The maximum absolute atomic E-state index is 13.4. The summed E-state index contributed by atoms with van der Waals surface area (Å²) >= 11 is 5.28. The molecule has 1 N–H and O–H groups in total. The standard InChI is InChI=1S/C25H22N4O5S/c1-4-34-21-10-6-8-19(14-21)28-24(31)22(23(30)26-25(28)35)12-17-11-15(2)27(16(17)3)18-7-5-9-20(13-18)29(32)33/h5-14H,4H2,1-3H3,(H,26,30,35)/b22-12+. The lowest BCUT2D eigenvalue weighted by Crippen LogP contribution is -2.54. The summed E-state index contributed by atoms with van der Waals surface area (Å²) in [5.74, 6) is -0.589. The van der Waals surface area contributed by atoms with Gasteiger partial charge in [-0.25, -0.2) is 0 Å².